The molecule has 8 nitrogen and oxygen atoms in total. The molecular formula is C32H42ClNO7. The van der Waals surface area contributed by atoms with Crippen LogP contribution in [0.1, 0.15) is 71.7 Å². The minimum absolute atomic E-state index is 0.0462. The first-order valence-corrected chi connectivity index (χ1v) is 14.3. The van der Waals surface area contributed by atoms with Crippen molar-refractivity contribution in [2.75, 3.05) is 26.3 Å². The van der Waals surface area contributed by atoms with Crippen molar-refractivity contribution in [1.29, 1.82) is 0 Å². The number of carbonyl (C=O) groups is 1. The van der Waals surface area contributed by atoms with Crippen LogP contribution in [0.4, 0.5) is 0 Å². The summed E-state index contributed by atoms with van der Waals surface area (Å²) in [5.41, 5.74) is 2.35. The van der Waals surface area contributed by atoms with Gasteiger partial charge in [-0.15, -0.1) is 0 Å². The highest BCUT2D eigenvalue weighted by molar-refractivity contribution is 6.32. The summed E-state index contributed by atoms with van der Waals surface area (Å²) in [7, 11) is 0. The average Bonchev–Trinajstić information content (AvgIpc) is 2.97. The van der Waals surface area contributed by atoms with E-state index in [0.29, 0.717) is 17.7 Å². The minimum Gasteiger partial charge on any atom is -0.508 e. The molecule has 224 valence electrons. The van der Waals surface area contributed by atoms with Gasteiger partial charge in [-0.05, 0) is 74.0 Å². The number of para-hydroxylation sites is 1. The number of benzene rings is 3. The number of aliphatic hydroxyl groups is 2. The summed E-state index contributed by atoms with van der Waals surface area (Å²) in [6, 6.07) is 19.6. The molecule has 0 fully saturated rings. The van der Waals surface area contributed by atoms with Gasteiger partial charge in [0.2, 0.25) is 0 Å². The number of hydrogen-bond acceptors (Lipinski definition) is 7. The van der Waals surface area contributed by atoms with Gasteiger partial charge in [0.15, 0.2) is 0 Å². The lowest BCUT2D eigenvalue weighted by atomic mass is 10.1. The average molecular weight is 588 g/mol. The van der Waals surface area contributed by atoms with Gasteiger partial charge < -0.3 is 35.6 Å². The Morgan fingerprint density at radius 1 is 0.878 bits per heavy atom. The Hall–Kier alpha value is -3.14. The van der Waals surface area contributed by atoms with Gasteiger partial charge in [0, 0.05) is 25.3 Å². The normalized spacial score (nSPS) is 11.5. The summed E-state index contributed by atoms with van der Waals surface area (Å²) in [5, 5.41) is 49.8. The van der Waals surface area contributed by atoms with Crippen LogP contribution in [0.3, 0.4) is 0 Å². The van der Waals surface area contributed by atoms with Crippen LogP contribution in [0.25, 0.3) is 0 Å². The van der Waals surface area contributed by atoms with Crippen LogP contribution in [0.2, 0.25) is 5.02 Å². The van der Waals surface area contributed by atoms with E-state index in [0.717, 1.165) is 58.3 Å². The Kier molecular flexibility index (Phi) is 16.5. The molecule has 0 bridgehead atoms. The Morgan fingerprint density at radius 2 is 1.59 bits per heavy atom. The molecule has 0 aliphatic rings. The van der Waals surface area contributed by atoms with Crippen LogP contribution in [0, 0.1) is 0 Å². The molecule has 0 aliphatic carbocycles. The summed E-state index contributed by atoms with van der Waals surface area (Å²) < 4.78 is 5.72. The minimum atomic E-state index is -1.19. The zero-order valence-corrected chi connectivity index (χ0v) is 24.1. The zero-order chi connectivity index (χ0) is 29.9. The van der Waals surface area contributed by atoms with Crippen LogP contribution in [0.5, 0.6) is 11.5 Å². The van der Waals surface area contributed by atoms with Crippen LogP contribution in [-0.2, 0) is 17.8 Å². The molecule has 0 radical (unpaired) electrons. The van der Waals surface area contributed by atoms with Crippen molar-refractivity contribution in [2.45, 2.75) is 57.7 Å². The number of aromatic hydroxyl groups is 2. The van der Waals surface area contributed by atoms with E-state index in [-0.39, 0.29) is 28.7 Å². The van der Waals surface area contributed by atoms with Gasteiger partial charge in [-0.3, -0.25) is 0 Å². The van der Waals surface area contributed by atoms with Crippen molar-refractivity contribution in [2.24, 2.45) is 0 Å². The van der Waals surface area contributed by atoms with Gasteiger partial charge in [0.05, 0.1) is 17.7 Å². The highest BCUT2D eigenvalue weighted by Gasteiger charge is 2.11. The molecule has 0 aliphatic heterocycles. The monoisotopic (exact) mass is 587 g/mol. The maximum atomic E-state index is 10.4. The summed E-state index contributed by atoms with van der Waals surface area (Å²) >= 11 is 5.44. The van der Waals surface area contributed by atoms with E-state index in [2.05, 4.69) is 35.6 Å². The van der Waals surface area contributed by atoms with Gasteiger partial charge in [-0.1, -0.05) is 66.9 Å². The van der Waals surface area contributed by atoms with Gasteiger partial charge in [-0.25, -0.2) is 4.79 Å². The molecule has 0 saturated heterocycles. The molecule has 0 saturated carbocycles. The lowest BCUT2D eigenvalue weighted by Gasteiger charge is -2.14. The first kappa shape index (κ1) is 34.1. The smallest absolute Gasteiger partial charge is 0.339 e. The number of halogens is 1. The molecule has 3 aromatic carbocycles. The zero-order valence-electron chi connectivity index (χ0n) is 23.3. The molecule has 3 rings (SSSR count). The fourth-order valence-corrected chi connectivity index (χ4v) is 4.25. The molecule has 3 aromatic rings. The summed E-state index contributed by atoms with van der Waals surface area (Å²) in [6.45, 7) is 2.77. The Morgan fingerprint density at radius 3 is 2.27 bits per heavy atom. The molecule has 1 atom stereocenters. The van der Waals surface area contributed by atoms with Crippen LogP contribution in [0.15, 0.2) is 66.7 Å². The van der Waals surface area contributed by atoms with Crippen molar-refractivity contribution >= 4 is 17.6 Å². The number of ether oxygens (including phenoxy) is 1. The third-order valence-corrected chi connectivity index (χ3v) is 6.76. The Labute approximate surface area is 247 Å². The number of nitrogens with one attached hydrogen (secondary N) is 1. The van der Waals surface area contributed by atoms with Gasteiger partial charge in [-0.2, -0.15) is 0 Å². The molecule has 6 N–H and O–H groups in total. The first-order valence-electron chi connectivity index (χ1n) is 14.0. The summed E-state index contributed by atoms with van der Waals surface area (Å²) in [4.78, 5) is 10.4. The Bertz CT molecular complexity index is 1160. The van der Waals surface area contributed by atoms with Gasteiger partial charge in [0.25, 0.3) is 0 Å². The third-order valence-electron chi connectivity index (χ3n) is 6.45. The van der Waals surface area contributed by atoms with E-state index >= 15 is 0 Å². The van der Waals surface area contributed by atoms with Crippen molar-refractivity contribution in [3.8, 4) is 11.5 Å². The maximum Gasteiger partial charge on any atom is 0.339 e. The molecule has 0 aromatic heterocycles. The highest BCUT2D eigenvalue weighted by Crippen LogP contribution is 2.26. The topological polar surface area (TPSA) is 139 Å². The number of hydrogen-bond donors (Lipinski definition) is 6. The fraction of sp³-hybridized carbons (Fsp3) is 0.406. The molecule has 0 spiro atoms. The standard InChI is InChI=1S/C25H37NO4.C7H5ClO3/c27-20-23-18-22(13-14-24(23)28)25(29)19-26-15-7-1-2-8-16-30-17-9-6-12-21-10-4-3-5-11-21;8-5-3-1-2-4(6(5)9)7(10)11/h3-5,10-11,13-14,18,25-29H,1-2,6-9,12,15-17,19-20H2;1-3,9H,(H,10,11). The number of carboxylic acid groups (broad SMARTS) is 1. The molecule has 0 amide bonds. The van der Waals surface area contributed by atoms with Crippen molar-refractivity contribution in [1.82, 2.24) is 5.32 Å². The molecule has 9 heteroatoms. The predicted octanol–water partition coefficient (Wildman–Crippen LogP) is 5.85. The number of carboxylic acids is 1. The van der Waals surface area contributed by atoms with E-state index in [1.54, 1.807) is 12.1 Å². The van der Waals surface area contributed by atoms with Crippen LogP contribution < -0.4 is 5.32 Å². The molecule has 41 heavy (non-hydrogen) atoms. The van der Waals surface area contributed by atoms with Crippen molar-refractivity contribution in [3.05, 3.63) is 94.0 Å². The SMILES string of the molecule is O=C(O)c1cccc(Cl)c1O.OCc1cc(C(O)CNCCCCCCOCCCCc2ccccc2)ccc1O. The largest absolute Gasteiger partial charge is 0.508 e. The van der Waals surface area contributed by atoms with Crippen LogP contribution >= 0.6 is 11.6 Å². The molecule has 1 unspecified atom stereocenters. The number of aryl methyl sites for hydroxylation is 1. The van der Waals surface area contributed by atoms with E-state index < -0.39 is 12.1 Å². The lowest BCUT2D eigenvalue weighted by molar-refractivity contribution is 0.0693. The third kappa shape index (κ3) is 13.4. The van der Waals surface area contributed by atoms with E-state index in [4.69, 9.17) is 26.6 Å². The lowest BCUT2D eigenvalue weighted by Crippen LogP contribution is -2.22. The second-order valence-corrected chi connectivity index (χ2v) is 10.1. The van der Waals surface area contributed by atoms with Crippen LogP contribution in [-0.4, -0.2) is 57.8 Å². The van der Waals surface area contributed by atoms with E-state index in [9.17, 15) is 20.1 Å². The number of phenols is 2. The second kappa shape index (κ2) is 19.9. The number of rotatable bonds is 17. The molecular weight excluding hydrogens is 546 g/mol. The van der Waals surface area contributed by atoms with Crippen molar-refractivity contribution < 1.29 is 35.1 Å². The van der Waals surface area contributed by atoms with E-state index in [1.165, 1.54) is 36.2 Å². The van der Waals surface area contributed by atoms with Gasteiger partial charge in [0.1, 0.15) is 17.1 Å². The Balaban J connectivity index is 0.000000446. The number of unbranched alkanes of at least 4 members (excludes halogenated alkanes) is 4. The fourth-order valence-electron chi connectivity index (χ4n) is 4.07. The molecule has 0 heterocycles. The highest BCUT2D eigenvalue weighted by atomic mass is 35.5. The maximum absolute atomic E-state index is 10.4. The number of aromatic carboxylic acids is 1. The summed E-state index contributed by atoms with van der Waals surface area (Å²) in [5.74, 6) is -1.52. The number of aliphatic hydroxyl groups excluding tert-OH is 2. The van der Waals surface area contributed by atoms with Crippen molar-refractivity contribution in [3.63, 3.8) is 0 Å². The summed E-state index contributed by atoms with van der Waals surface area (Å²) in [6.07, 6.45) is 7.24. The first-order chi connectivity index (χ1) is 19.8. The van der Waals surface area contributed by atoms with Gasteiger partial charge >= 0.3 is 5.97 Å². The predicted molar refractivity (Wildman–Crippen MR) is 161 cm³/mol. The second-order valence-electron chi connectivity index (χ2n) is 9.68. The van der Waals surface area contributed by atoms with E-state index in [1.807, 2.05) is 0 Å². The quantitative estimate of drug-likeness (QED) is 0.108.